The van der Waals surface area contributed by atoms with Crippen LogP contribution in [0, 0.1) is 9.64 Å². The highest BCUT2D eigenvalue weighted by molar-refractivity contribution is 14.1. The van der Waals surface area contributed by atoms with Crippen LogP contribution in [-0.2, 0) is 6.54 Å². The van der Waals surface area contributed by atoms with Crippen molar-refractivity contribution >= 4 is 61.9 Å². The van der Waals surface area contributed by atoms with E-state index in [1.807, 2.05) is 24.3 Å². The fraction of sp³-hybridized carbons (Fsp3) is 0.0500. The number of rotatable bonds is 3. The first-order valence-corrected chi connectivity index (χ1v) is 9.17. The second-order valence-corrected chi connectivity index (χ2v) is 7.48. The molecule has 3 aromatic carbocycles. The SMILES string of the molecule is NC(=O)c1cccc2c1c1[c]ccc(Cl)c1n2Cc1cccc(I)c1. The molecule has 1 radical (unpaired) electrons. The lowest BCUT2D eigenvalue weighted by Gasteiger charge is -2.09. The summed E-state index contributed by atoms with van der Waals surface area (Å²) in [5.41, 5.74) is 9.04. The quantitative estimate of drug-likeness (QED) is 0.431. The van der Waals surface area contributed by atoms with Crippen molar-refractivity contribution in [1.82, 2.24) is 4.57 Å². The maximum atomic E-state index is 11.9. The first kappa shape index (κ1) is 16.4. The minimum Gasteiger partial charge on any atom is -0.366 e. The molecule has 1 heterocycles. The van der Waals surface area contributed by atoms with Crippen LogP contribution in [0.1, 0.15) is 15.9 Å². The third-order valence-electron chi connectivity index (χ3n) is 4.27. The third-order valence-corrected chi connectivity index (χ3v) is 5.24. The largest absolute Gasteiger partial charge is 0.366 e. The van der Waals surface area contributed by atoms with E-state index in [-0.39, 0.29) is 0 Å². The number of hydrogen-bond donors (Lipinski definition) is 1. The van der Waals surface area contributed by atoms with Crippen molar-refractivity contribution in [2.45, 2.75) is 6.54 Å². The Morgan fingerprint density at radius 2 is 2.00 bits per heavy atom. The van der Waals surface area contributed by atoms with Crippen LogP contribution < -0.4 is 5.73 Å². The minimum atomic E-state index is -0.452. The van der Waals surface area contributed by atoms with Crippen molar-refractivity contribution in [1.29, 1.82) is 0 Å². The number of amides is 1. The fourth-order valence-electron chi connectivity index (χ4n) is 3.26. The number of nitrogens with zero attached hydrogens (tertiary/aromatic N) is 1. The number of hydrogen-bond acceptors (Lipinski definition) is 1. The zero-order valence-corrected chi connectivity index (χ0v) is 16.0. The Morgan fingerprint density at radius 3 is 2.76 bits per heavy atom. The summed E-state index contributed by atoms with van der Waals surface area (Å²) in [6, 6.07) is 20.7. The van der Waals surface area contributed by atoms with Crippen LogP contribution in [0.25, 0.3) is 21.8 Å². The summed E-state index contributed by atoms with van der Waals surface area (Å²) in [5.74, 6) is -0.452. The Balaban J connectivity index is 2.08. The topological polar surface area (TPSA) is 48.0 Å². The van der Waals surface area contributed by atoms with E-state index in [1.165, 1.54) is 3.57 Å². The second-order valence-electron chi connectivity index (χ2n) is 5.83. The van der Waals surface area contributed by atoms with Crippen molar-refractivity contribution in [2.24, 2.45) is 5.73 Å². The highest BCUT2D eigenvalue weighted by Gasteiger charge is 2.18. The second kappa shape index (κ2) is 6.35. The van der Waals surface area contributed by atoms with Gasteiger partial charge < -0.3 is 10.3 Å². The summed E-state index contributed by atoms with van der Waals surface area (Å²) in [4.78, 5) is 11.9. The predicted molar refractivity (Wildman–Crippen MR) is 110 cm³/mol. The molecule has 0 atom stereocenters. The predicted octanol–water partition coefficient (Wildman–Crippen LogP) is 5.00. The average Bonchev–Trinajstić information content (AvgIpc) is 2.90. The van der Waals surface area contributed by atoms with E-state index in [4.69, 9.17) is 17.3 Å². The van der Waals surface area contributed by atoms with Gasteiger partial charge in [-0.2, -0.15) is 0 Å². The summed E-state index contributed by atoms with van der Waals surface area (Å²) < 4.78 is 3.30. The van der Waals surface area contributed by atoms with E-state index >= 15 is 0 Å². The zero-order valence-electron chi connectivity index (χ0n) is 13.1. The maximum absolute atomic E-state index is 11.9. The molecule has 0 aliphatic rings. The molecule has 5 heteroatoms. The van der Waals surface area contributed by atoms with Crippen molar-refractivity contribution in [3.05, 3.63) is 80.4 Å². The molecule has 0 saturated carbocycles. The van der Waals surface area contributed by atoms with Gasteiger partial charge in [0.05, 0.1) is 16.1 Å². The normalized spacial score (nSPS) is 11.3. The van der Waals surface area contributed by atoms with Gasteiger partial charge in [-0.15, -0.1) is 0 Å². The molecule has 0 saturated heterocycles. The Labute approximate surface area is 163 Å². The molecule has 2 N–H and O–H groups in total. The highest BCUT2D eigenvalue weighted by atomic mass is 127. The molecular weight excluding hydrogens is 447 g/mol. The highest BCUT2D eigenvalue weighted by Crippen LogP contribution is 2.35. The Morgan fingerprint density at radius 1 is 1.20 bits per heavy atom. The Hall–Kier alpha value is -2.05. The summed E-state index contributed by atoms with van der Waals surface area (Å²) in [7, 11) is 0. The summed E-state index contributed by atoms with van der Waals surface area (Å²) in [6.07, 6.45) is 0. The van der Waals surface area contributed by atoms with Gasteiger partial charge in [0.15, 0.2) is 0 Å². The van der Waals surface area contributed by atoms with E-state index in [0.717, 1.165) is 27.4 Å². The monoisotopic (exact) mass is 459 g/mol. The molecule has 0 fully saturated rings. The number of halogens is 2. The Kier molecular flexibility index (Phi) is 4.17. The van der Waals surface area contributed by atoms with Crippen LogP contribution in [-0.4, -0.2) is 10.5 Å². The first-order valence-electron chi connectivity index (χ1n) is 7.71. The molecule has 0 unspecified atom stereocenters. The zero-order chi connectivity index (χ0) is 17.6. The van der Waals surface area contributed by atoms with Crippen molar-refractivity contribution in [3.8, 4) is 0 Å². The lowest BCUT2D eigenvalue weighted by atomic mass is 10.1. The number of fused-ring (bicyclic) bond motifs is 3. The molecule has 25 heavy (non-hydrogen) atoms. The molecule has 1 amide bonds. The van der Waals surface area contributed by atoms with E-state index in [1.54, 1.807) is 12.1 Å². The van der Waals surface area contributed by atoms with Crippen LogP contribution in [0.4, 0.5) is 0 Å². The molecule has 0 spiro atoms. The lowest BCUT2D eigenvalue weighted by molar-refractivity contribution is 0.100. The van der Waals surface area contributed by atoms with Crippen LogP contribution in [0.3, 0.4) is 0 Å². The van der Waals surface area contributed by atoms with Gasteiger partial charge in [0.2, 0.25) is 5.91 Å². The summed E-state index contributed by atoms with van der Waals surface area (Å²) >= 11 is 8.81. The van der Waals surface area contributed by atoms with Gasteiger partial charge in [-0.05, 0) is 64.6 Å². The van der Waals surface area contributed by atoms with Crippen molar-refractivity contribution in [3.63, 3.8) is 0 Å². The van der Waals surface area contributed by atoms with Crippen LogP contribution in [0.15, 0.2) is 54.6 Å². The lowest BCUT2D eigenvalue weighted by Crippen LogP contribution is -2.11. The third kappa shape index (κ3) is 2.79. The molecule has 123 valence electrons. The average molecular weight is 460 g/mol. The number of primary amides is 1. The van der Waals surface area contributed by atoms with Gasteiger partial charge in [-0.3, -0.25) is 4.79 Å². The Bertz CT molecular complexity index is 1130. The van der Waals surface area contributed by atoms with E-state index < -0.39 is 5.91 Å². The van der Waals surface area contributed by atoms with Crippen molar-refractivity contribution in [2.75, 3.05) is 0 Å². The molecule has 0 aliphatic carbocycles. The van der Waals surface area contributed by atoms with Gasteiger partial charge in [0.1, 0.15) is 0 Å². The number of carbonyl (C=O) groups excluding carboxylic acids is 1. The molecule has 3 nitrogen and oxygen atoms in total. The van der Waals surface area contributed by atoms with E-state index in [0.29, 0.717) is 17.1 Å². The maximum Gasteiger partial charge on any atom is 0.249 e. The smallest absolute Gasteiger partial charge is 0.249 e. The minimum absolute atomic E-state index is 0.452. The van der Waals surface area contributed by atoms with Crippen LogP contribution >= 0.6 is 34.2 Å². The molecule has 0 aliphatic heterocycles. The first-order chi connectivity index (χ1) is 12.1. The van der Waals surface area contributed by atoms with Gasteiger partial charge in [-0.1, -0.05) is 35.9 Å². The van der Waals surface area contributed by atoms with Gasteiger partial charge in [0, 0.05) is 26.5 Å². The molecular formula is C20H13ClIN2O. The molecule has 0 bridgehead atoms. The van der Waals surface area contributed by atoms with E-state index in [9.17, 15) is 4.79 Å². The standard InChI is InChI=1S/C20H13ClIN2O/c21-16-8-2-6-14-18-15(20(23)25)7-3-9-17(18)24(19(14)16)11-12-4-1-5-13(22)10-12/h1-5,7-10H,11H2,(H2,23,25). The van der Waals surface area contributed by atoms with E-state index in [2.05, 4.69) is 51.4 Å². The van der Waals surface area contributed by atoms with Crippen molar-refractivity contribution < 1.29 is 4.79 Å². The number of carbonyl (C=O) groups is 1. The van der Waals surface area contributed by atoms with Gasteiger partial charge in [0.25, 0.3) is 0 Å². The number of nitrogens with two attached hydrogens (primary N) is 1. The summed E-state index contributed by atoms with van der Waals surface area (Å²) in [5, 5.41) is 2.26. The van der Waals surface area contributed by atoms with Crippen LogP contribution in [0.5, 0.6) is 0 Å². The molecule has 1 aromatic heterocycles. The molecule has 4 aromatic rings. The van der Waals surface area contributed by atoms with Gasteiger partial charge in [-0.25, -0.2) is 0 Å². The summed E-state index contributed by atoms with van der Waals surface area (Å²) in [6.45, 7) is 0.649. The van der Waals surface area contributed by atoms with Crippen LogP contribution in [0.2, 0.25) is 5.02 Å². The molecule has 4 rings (SSSR count). The number of aromatic nitrogens is 1. The van der Waals surface area contributed by atoms with Gasteiger partial charge >= 0.3 is 0 Å². The fourth-order valence-corrected chi connectivity index (χ4v) is 4.12. The number of benzene rings is 3.